The highest BCUT2D eigenvalue weighted by molar-refractivity contribution is 5.94. The molecule has 16 heavy (non-hydrogen) atoms. The topological polar surface area (TPSA) is 42.7 Å². The first-order chi connectivity index (χ1) is 7.76. The largest absolute Gasteiger partial charge is 0.468 e. The molecule has 0 spiro atoms. The highest BCUT2D eigenvalue weighted by atomic mass is 16.6. The molecule has 0 fully saturated rings. The molecular formula is C12H15NO3. The second kappa shape index (κ2) is 4.43. The van der Waals surface area contributed by atoms with Gasteiger partial charge in [0.25, 0.3) is 5.95 Å². The maximum atomic E-state index is 11.8. The summed E-state index contributed by atoms with van der Waals surface area (Å²) >= 11 is 0. The van der Waals surface area contributed by atoms with Gasteiger partial charge in [0.05, 0.1) is 7.11 Å². The monoisotopic (exact) mass is 221 g/mol. The van der Waals surface area contributed by atoms with E-state index in [1.807, 2.05) is 6.07 Å². The van der Waals surface area contributed by atoms with Crippen molar-refractivity contribution in [2.24, 2.45) is 0 Å². The molecule has 0 unspecified atom stereocenters. The predicted molar refractivity (Wildman–Crippen MR) is 60.7 cm³/mol. The predicted octanol–water partition coefficient (Wildman–Crippen LogP) is 2.14. The molecule has 86 valence electrons. The summed E-state index contributed by atoms with van der Waals surface area (Å²) in [4.78, 5) is 13.5. The zero-order valence-electron chi connectivity index (χ0n) is 9.36. The molecule has 0 atom stereocenters. The number of fused-ring (bicyclic) bond motifs is 1. The van der Waals surface area contributed by atoms with Gasteiger partial charge in [0.15, 0.2) is 0 Å². The van der Waals surface area contributed by atoms with Crippen LogP contribution < -0.4 is 9.64 Å². The summed E-state index contributed by atoms with van der Waals surface area (Å²) in [6.07, 6.45) is 3.83. The number of carbonyl (C=O) groups is 1. The van der Waals surface area contributed by atoms with E-state index in [2.05, 4.69) is 6.58 Å². The smallest absolute Gasteiger partial charge is 0.286 e. The van der Waals surface area contributed by atoms with E-state index in [1.54, 1.807) is 18.1 Å². The Morgan fingerprint density at radius 3 is 3.25 bits per heavy atom. The van der Waals surface area contributed by atoms with Crippen molar-refractivity contribution >= 4 is 11.8 Å². The van der Waals surface area contributed by atoms with Gasteiger partial charge in [0.1, 0.15) is 0 Å². The molecule has 4 nitrogen and oxygen atoms in total. The van der Waals surface area contributed by atoms with Crippen LogP contribution in [-0.2, 0) is 11.2 Å². The van der Waals surface area contributed by atoms with Gasteiger partial charge in [-0.05, 0) is 12.8 Å². The normalized spacial score (nSPS) is 14.4. The van der Waals surface area contributed by atoms with E-state index in [9.17, 15) is 4.79 Å². The molecule has 0 aromatic carbocycles. The van der Waals surface area contributed by atoms with Gasteiger partial charge in [-0.25, -0.2) is 0 Å². The maximum Gasteiger partial charge on any atom is 0.286 e. The minimum Gasteiger partial charge on any atom is -0.468 e. The van der Waals surface area contributed by atoms with Crippen molar-refractivity contribution in [2.45, 2.75) is 19.3 Å². The van der Waals surface area contributed by atoms with Crippen molar-refractivity contribution in [1.82, 2.24) is 0 Å². The second-order valence-electron chi connectivity index (χ2n) is 3.74. The fourth-order valence-electron chi connectivity index (χ4n) is 1.90. The van der Waals surface area contributed by atoms with Crippen LogP contribution in [0, 0.1) is 0 Å². The van der Waals surface area contributed by atoms with Crippen LogP contribution in [0.15, 0.2) is 23.1 Å². The molecule has 1 aliphatic rings. The number of amides is 1. The Labute approximate surface area is 94.5 Å². The Morgan fingerprint density at radius 1 is 1.75 bits per heavy atom. The van der Waals surface area contributed by atoms with E-state index in [4.69, 9.17) is 9.15 Å². The fourth-order valence-corrected chi connectivity index (χ4v) is 1.90. The lowest BCUT2D eigenvalue weighted by Gasteiger charge is -2.24. The number of furan rings is 1. The van der Waals surface area contributed by atoms with Gasteiger partial charge in [-0.1, -0.05) is 6.08 Å². The zero-order valence-corrected chi connectivity index (χ0v) is 9.36. The van der Waals surface area contributed by atoms with Gasteiger partial charge in [0, 0.05) is 24.6 Å². The molecule has 0 saturated heterocycles. The molecule has 0 aliphatic carbocycles. The van der Waals surface area contributed by atoms with E-state index < -0.39 is 0 Å². The summed E-state index contributed by atoms with van der Waals surface area (Å²) in [5.74, 6) is 1.12. The van der Waals surface area contributed by atoms with E-state index in [-0.39, 0.29) is 5.91 Å². The van der Waals surface area contributed by atoms with Crippen LogP contribution in [0.25, 0.3) is 0 Å². The van der Waals surface area contributed by atoms with E-state index in [0.717, 1.165) is 18.4 Å². The van der Waals surface area contributed by atoms with Crippen molar-refractivity contribution in [2.75, 3.05) is 18.6 Å². The van der Waals surface area contributed by atoms with Crippen LogP contribution in [-0.4, -0.2) is 19.6 Å². The number of ether oxygens (including phenoxy) is 1. The van der Waals surface area contributed by atoms with Crippen LogP contribution in [0.1, 0.15) is 18.4 Å². The van der Waals surface area contributed by atoms with Gasteiger partial charge in [-0.15, -0.1) is 6.58 Å². The van der Waals surface area contributed by atoms with Crippen molar-refractivity contribution in [3.63, 3.8) is 0 Å². The third-order valence-electron chi connectivity index (χ3n) is 2.66. The number of carbonyl (C=O) groups excluding carboxylic acids is 1. The third-order valence-corrected chi connectivity index (χ3v) is 2.66. The summed E-state index contributed by atoms with van der Waals surface area (Å²) in [6.45, 7) is 4.27. The lowest BCUT2D eigenvalue weighted by atomic mass is 10.1. The first-order valence-electron chi connectivity index (χ1n) is 5.34. The summed E-state index contributed by atoms with van der Waals surface area (Å²) < 4.78 is 10.5. The summed E-state index contributed by atoms with van der Waals surface area (Å²) in [5, 5.41) is 0. The number of methoxy groups -OCH3 is 1. The van der Waals surface area contributed by atoms with Crippen LogP contribution in [0.3, 0.4) is 0 Å². The molecule has 4 heteroatoms. The van der Waals surface area contributed by atoms with Crippen LogP contribution >= 0.6 is 0 Å². The van der Waals surface area contributed by atoms with E-state index in [1.165, 1.54) is 0 Å². The second-order valence-corrected chi connectivity index (χ2v) is 3.74. The number of hydrogen-bond acceptors (Lipinski definition) is 3. The molecule has 0 N–H and O–H groups in total. The molecule has 0 bridgehead atoms. The van der Waals surface area contributed by atoms with Gasteiger partial charge >= 0.3 is 0 Å². The highest BCUT2D eigenvalue weighted by Crippen LogP contribution is 2.34. The number of anilines is 1. The molecule has 1 aromatic heterocycles. The lowest BCUT2D eigenvalue weighted by Crippen LogP contribution is -2.34. The minimum absolute atomic E-state index is 0.0213. The molecular weight excluding hydrogens is 206 g/mol. The molecule has 2 rings (SSSR count). The average Bonchev–Trinajstić information content (AvgIpc) is 2.71. The molecule has 1 aliphatic heterocycles. The molecule has 1 amide bonds. The Balaban J connectivity index is 2.28. The molecule has 1 aromatic rings. The Hall–Kier alpha value is -1.71. The summed E-state index contributed by atoms with van der Waals surface area (Å²) in [5.41, 5.74) is 1.04. The van der Waals surface area contributed by atoms with Crippen molar-refractivity contribution in [3.8, 4) is 5.95 Å². The first kappa shape index (κ1) is 10.8. The highest BCUT2D eigenvalue weighted by Gasteiger charge is 2.26. The first-order valence-corrected chi connectivity index (χ1v) is 5.34. The quantitative estimate of drug-likeness (QED) is 0.734. The summed E-state index contributed by atoms with van der Waals surface area (Å²) in [7, 11) is 1.56. The Morgan fingerprint density at radius 2 is 2.56 bits per heavy atom. The fraction of sp³-hybridized carbons (Fsp3) is 0.417. The van der Waals surface area contributed by atoms with E-state index >= 15 is 0 Å². The molecule has 0 saturated carbocycles. The zero-order chi connectivity index (χ0) is 11.5. The summed E-state index contributed by atoms with van der Waals surface area (Å²) in [6, 6.07) is 1.85. The molecule has 0 radical (unpaired) electrons. The number of nitrogens with zero attached hydrogens (tertiary/aromatic N) is 1. The maximum absolute atomic E-state index is 11.8. The average molecular weight is 221 g/mol. The van der Waals surface area contributed by atoms with Crippen molar-refractivity contribution in [3.05, 3.63) is 24.3 Å². The van der Waals surface area contributed by atoms with Crippen LogP contribution in [0.5, 0.6) is 5.95 Å². The van der Waals surface area contributed by atoms with Crippen LogP contribution in [0.2, 0.25) is 0 Å². The Kier molecular flexibility index (Phi) is 2.99. The molecule has 2 heterocycles. The third kappa shape index (κ3) is 1.83. The number of rotatable bonds is 3. The minimum atomic E-state index is 0.0213. The van der Waals surface area contributed by atoms with Gasteiger partial charge in [-0.3, -0.25) is 9.69 Å². The SMILES string of the molecule is C=CCC(=O)N1CCCc2cc(OC)oc21. The standard InChI is InChI=1S/C12H15NO3/c1-3-5-10(14)13-7-4-6-9-8-11(15-2)16-12(9)13/h3,8H,1,4-7H2,2H3. The van der Waals surface area contributed by atoms with Gasteiger partial charge in [-0.2, -0.15) is 0 Å². The Bertz CT molecular complexity index is 408. The van der Waals surface area contributed by atoms with Gasteiger partial charge < -0.3 is 9.15 Å². The van der Waals surface area contributed by atoms with Crippen LogP contribution in [0.4, 0.5) is 5.88 Å². The van der Waals surface area contributed by atoms with Crippen molar-refractivity contribution in [1.29, 1.82) is 0 Å². The van der Waals surface area contributed by atoms with Crippen molar-refractivity contribution < 1.29 is 13.9 Å². The lowest BCUT2D eigenvalue weighted by molar-refractivity contribution is -0.118. The number of hydrogen-bond donors (Lipinski definition) is 0. The van der Waals surface area contributed by atoms with Gasteiger partial charge in [0.2, 0.25) is 11.8 Å². The number of aryl methyl sites for hydroxylation is 1. The van der Waals surface area contributed by atoms with E-state index in [0.29, 0.717) is 24.8 Å².